The minimum Gasteiger partial charge on any atom is -0.494 e. The number of benzene rings is 2. The van der Waals surface area contributed by atoms with Gasteiger partial charge in [-0.2, -0.15) is 0 Å². The second-order valence-corrected chi connectivity index (χ2v) is 9.34. The molecule has 0 N–H and O–H groups in total. The molecule has 1 fully saturated rings. The minimum absolute atomic E-state index is 0. The van der Waals surface area contributed by atoms with Gasteiger partial charge in [-0.05, 0) is 30.2 Å². The van der Waals surface area contributed by atoms with E-state index in [9.17, 15) is 4.79 Å². The number of rotatable bonds is 8. The monoisotopic (exact) mass is 529 g/mol. The van der Waals surface area contributed by atoms with E-state index in [1.165, 1.54) is 11.3 Å². The van der Waals surface area contributed by atoms with E-state index in [0.29, 0.717) is 33.0 Å². The van der Waals surface area contributed by atoms with E-state index < -0.39 is 0 Å². The number of carbonyl (C=O) groups excluding carboxylic acids is 1. The van der Waals surface area contributed by atoms with Crippen LogP contribution in [0.25, 0.3) is 10.2 Å². The highest BCUT2D eigenvalue weighted by Crippen LogP contribution is 2.39. The first-order chi connectivity index (χ1) is 15.6. The molecule has 33 heavy (non-hydrogen) atoms. The largest absolute Gasteiger partial charge is 0.494 e. The summed E-state index contributed by atoms with van der Waals surface area (Å²) in [6, 6.07) is 11.0. The van der Waals surface area contributed by atoms with Gasteiger partial charge in [-0.15, -0.1) is 12.4 Å². The quantitative estimate of drug-likeness (QED) is 0.394. The van der Waals surface area contributed by atoms with Crippen LogP contribution in [-0.2, 0) is 16.0 Å². The minimum atomic E-state index is -0.0470. The first kappa shape index (κ1) is 26.0. The van der Waals surface area contributed by atoms with E-state index in [0.717, 1.165) is 49.5 Å². The highest BCUT2D eigenvalue weighted by Gasteiger charge is 2.23. The number of thiazole rings is 1. The topological polar surface area (TPSA) is 54.9 Å². The number of fused-ring (bicyclic) bond motifs is 1. The Kier molecular flexibility index (Phi) is 9.61. The molecule has 1 amide bonds. The van der Waals surface area contributed by atoms with Crippen LogP contribution < -0.4 is 9.64 Å². The molecular formula is C23H26Cl3N3O3S. The number of ether oxygens (including phenoxy) is 2. The fourth-order valence-electron chi connectivity index (χ4n) is 3.73. The van der Waals surface area contributed by atoms with E-state index in [-0.39, 0.29) is 24.7 Å². The van der Waals surface area contributed by atoms with Gasteiger partial charge in [-0.25, -0.2) is 4.98 Å². The fraction of sp³-hybridized carbons (Fsp3) is 0.391. The standard InChI is InChI=1S/C23H25Cl2N3O3S.ClH/c1-30-19-8-7-18(25)22-21(19)26-23(32-22)28(10-4-9-27-11-13-31-14-12-27)20(29)15-16-5-2-3-6-17(16)24;/h2-3,5-8H,4,9-15H2,1H3;1H. The molecule has 0 atom stereocenters. The fourth-order valence-corrected chi connectivity index (χ4v) is 5.23. The molecule has 0 saturated carbocycles. The van der Waals surface area contributed by atoms with Crippen molar-refractivity contribution in [2.75, 3.05) is 51.4 Å². The highest BCUT2D eigenvalue weighted by molar-refractivity contribution is 7.23. The van der Waals surface area contributed by atoms with Crippen LogP contribution in [0.15, 0.2) is 36.4 Å². The number of anilines is 1. The molecule has 0 spiro atoms. The lowest BCUT2D eigenvalue weighted by Gasteiger charge is -2.27. The maximum atomic E-state index is 13.4. The van der Waals surface area contributed by atoms with Gasteiger partial charge in [0.15, 0.2) is 5.13 Å². The maximum Gasteiger partial charge on any atom is 0.233 e. The third-order valence-corrected chi connectivity index (χ3v) is 7.37. The number of halogens is 3. The average molecular weight is 531 g/mol. The van der Waals surface area contributed by atoms with Crippen LogP contribution in [0.3, 0.4) is 0 Å². The Morgan fingerprint density at radius 2 is 1.94 bits per heavy atom. The molecular weight excluding hydrogens is 505 g/mol. The lowest BCUT2D eigenvalue weighted by Crippen LogP contribution is -2.39. The van der Waals surface area contributed by atoms with Crippen molar-refractivity contribution in [1.82, 2.24) is 9.88 Å². The number of methoxy groups -OCH3 is 1. The molecule has 0 unspecified atom stereocenters. The first-order valence-corrected chi connectivity index (χ1v) is 12.1. The summed E-state index contributed by atoms with van der Waals surface area (Å²) in [5.74, 6) is 0.591. The van der Waals surface area contributed by atoms with E-state index in [1.807, 2.05) is 18.2 Å². The summed E-state index contributed by atoms with van der Waals surface area (Å²) in [5, 5.41) is 1.80. The third-order valence-electron chi connectivity index (χ3n) is 5.46. The van der Waals surface area contributed by atoms with Crippen molar-refractivity contribution in [1.29, 1.82) is 0 Å². The Hall–Kier alpha value is -1.61. The van der Waals surface area contributed by atoms with Crippen molar-refractivity contribution in [3.63, 3.8) is 0 Å². The Labute approximate surface area is 213 Å². The summed E-state index contributed by atoms with van der Waals surface area (Å²) < 4.78 is 11.7. The number of hydrogen-bond donors (Lipinski definition) is 0. The summed E-state index contributed by atoms with van der Waals surface area (Å²) in [5.41, 5.74) is 1.47. The molecule has 1 aromatic heterocycles. The maximum absolute atomic E-state index is 13.4. The van der Waals surface area contributed by atoms with Crippen molar-refractivity contribution >= 4 is 68.2 Å². The summed E-state index contributed by atoms with van der Waals surface area (Å²) in [7, 11) is 1.60. The SMILES string of the molecule is COc1ccc(Cl)c2sc(N(CCCN3CCOCC3)C(=O)Cc3ccccc3Cl)nc12.Cl. The second kappa shape index (κ2) is 12.2. The molecule has 1 aliphatic heterocycles. The van der Waals surface area contributed by atoms with E-state index in [2.05, 4.69) is 4.90 Å². The van der Waals surface area contributed by atoms with Crippen LogP contribution in [0.4, 0.5) is 5.13 Å². The number of hydrogen-bond acceptors (Lipinski definition) is 6. The molecule has 1 saturated heterocycles. The summed E-state index contributed by atoms with van der Waals surface area (Å²) in [6.45, 7) is 4.80. The van der Waals surface area contributed by atoms with Crippen molar-refractivity contribution in [3.05, 3.63) is 52.0 Å². The van der Waals surface area contributed by atoms with Crippen LogP contribution in [0.2, 0.25) is 10.0 Å². The van der Waals surface area contributed by atoms with Crippen LogP contribution in [0, 0.1) is 0 Å². The molecule has 6 nitrogen and oxygen atoms in total. The van der Waals surface area contributed by atoms with Gasteiger partial charge < -0.3 is 9.47 Å². The van der Waals surface area contributed by atoms with Crippen LogP contribution in [0.5, 0.6) is 5.75 Å². The predicted octanol–water partition coefficient (Wildman–Crippen LogP) is 5.33. The Bertz CT molecular complexity index is 1090. The zero-order chi connectivity index (χ0) is 22.5. The number of amides is 1. The van der Waals surface area contributed by atoms with Crippen molar-refractivity contribution in [2.24, 2.45) is 0 Å². The van der Waals surface area contributed by atoms with Gasteiger partial charge in [-0.3, -0.25) is 14.6 Å². The smallest absolute Gasteiger partial charge is 0.233 e. The molecule has 10 heteroatoms. The number of carbonyl (C=O) groups is 1. The molecule has 2 aromatic carbocycles. The van der Waals surface area contributed by atoms with E-state index in [4.69, 9.17) is 37.7 Å². The number of nitrogens with zero attached hydrogens (tertiary/aromatic N) is 3. The average Bonchev–Trinajstić information content (AvgIpc) is 3.25. The van der Waals surface area contributed by atoms with Crippen LogP contribution in [0.1, 0.15) is 12.0 Å². The van der Waals surface area contributed by atoms with Crippen molar-refractivity contribution < 1.29 is 14.3 Å². The van der Waals surface area contributed by atoms with Gasteiger partial charge in [0, 0.05) is 31.2 Å². The number of morpholine rings is 1. The number of aromatic nitrogens is 1. The normalized spacial score (nSPS) is 14.2. The van der Waals surface area contributed by atoms with Gasteiger partial charge in [0.2, 0.25) is 5.91 Å². The highest BCUT2D eigenvalue weighted by atomic mass is 35.5. The lowest BCUT2D eigenvalue weighted by atomic mass is 10.1. The van der Waals surface area contributed by atoms with Crippen molar-refractivity contribution in [3.8, 4) is 5.75 Å². The molecule has 4 rings (SSSR count). The zero-order valence-corrected chi connectivity index (χ0v) is 21.4. The van der Waals surface area contributed by atoms with Crippen molar-refractivity contribution in [2.45, 2.75) is 12.8 Å². The van der Waals surface area contributed by atoms with E-state index in [1.54, 1.807) is 30.2 Å². The Morgan fingerprint density at radius 3 is 2.67 bits per heavy atom. The molecule has 3 aromatic rings. The van der Waals surface area contributed by atoms with Gasteiger partial charge in [0.1, 0.15) is 11.3 Å². The van der Waals surface area contributed by atoms with Crippen LogP contribution in [-0.4, -0.2) is 62.3 Å². The third kappa shape index (κ3) is 6.29. The van der Waals surface area contributed by atoms with Gasteiger partial charge in [-0.1, -0.05) is 52.7 Å². The molecule has 178 valence electrons. The molecule has 0 radical (unpaired) electrons. The van der Waals surface area contributed by atoms with Gasteiger partial charge in [0.25, 0.3) is 0 Å². The van der Waals surface area contributed by atoms with Gasteiger partial charge in [0.05, 0.1) is 36.5 Å². The Balaban J connectivity index is 0.00000306. The molecule has 0 bridgehead atoms. The summed E-state index contributed by atoms with van der Waals surface area (Å²) >= 11 is 14.1. The van der Waals surface area contributed by atoms with E-state index >= 15 is 0 Å². The van der Waals surface area contributed by atoms with Gasteiger partial charge >= 0.3 is 0 Å². The molecule has 0 aliphatic carbocycles. The zero-order valence-electron chi connectivity index (χ0n) is 18.3. The van der Waals surface area contributed by atoms with Crippen LogP contribution >= 0.6 is 46.9 Å². The lowest BCUT2D eigenvalue weighted by molar-refractivity contribution is -0.118. The Morgan fingerprint density at radius 1 is 1.18 bits per heavy atom. The second-order valence-electron chi connectivity index (χ2n) is 7.54. The molecule has 1 aliphatic rings. The summed E-state index contributed by atoms with van der Waals surface area (Å²) in [6.07, 6.45) is 1.03. The predicted molar refractivity (Wildman–Crippen MR) is 138 cm³/mol. The molecule has 2 heterocycles. The first-order valence-electron chi connectivity index (χ1n) is 10.5. The summed E-state index contributed by atoms with van der Waals surface area (Å²) in [4.78, 5) is 22.3.